The molecule has 1 aliphatic rings. The van der Waals surface area contributed by atoms with Crippen molar-refractivity contribution in [3.63, 3.8) is 0 Å². The van der Waals surface area contributed by atoms with E-state index in [-0.39, 0.29) is 35.4 Å². The Labute approximate surface area is 151 Å². The molecule has 1 aromatic carbocycles. The van der Waals surface area contributed by atoms with E-state index in [1.807, 2.05) is 19.9 Å². The second-order valence-electron chi connectivity index (χ2n) is 6.45. The molecule has 134 valence electrons. The fourth-order valence-corrected chi connectivity index (χ4v) is 3.70. The third kappa shape index (κ3) is 3.10. The van der Waals surface area contributed by atoms with Crippen LogP contribution in [-0.4, -0.2) is 21.9 Å². The van der Waals surface area contributed by atoms with E-state index in [1.54, 1.807) is 11.0 Å². The number of benzene rings is 1. The van der Waals surface area contributed by atoms with Crippen molar-refractivity contribution in [2.24, 2.45) is 5.92 Å². The van der Waals surface area contributed by atoms with E-state index in [4.69, 9.17) is 5.26 Å². The Balaban J connectivity index is 2.05. The van der Waals surface area contributed by atoms with Gasteiger partial charge in [0.25, 0.3) is 0 Å². The van der Waals surface area contributed by atoms with Gasteiger partial charge in [-0.1, -0.05) is 13.8 Å². The minimum absolute atomic E-state index is 0.0192. The molecule has 1 amide bonds. The highest BCUT2D eigenvalue weighted by Gasteiger charge is 2.39. The van der Waals surface area contributed by atoms with Crippen LogP contribution in [0, 0.1) is 23.1 Å². The van der Waals surface area contributed by atoms with Gasteiger partial charge in [0.15, 0.2) is 5.69 Å². The number of rotatable bonds is 3. The van der Waals surface area contributed by atoms with Gasteiger partial charge in [0, 0.05) is 30.1 Å². The summed E-state index contributed by atoms with van der Waals surface area (Å²) in [5, 5.41) is 12.1. The smallest absolute Gasteiger partial charge is 0.224 e. The maximum absolute atomic E-state index is 13.9. The van der Waals surface area contributed by atoms with Gasteiger partial charge in [-0.2, -0.15) is 5.26 Å². The van der Waals surface area contributed by atoms with Gasteiger partial charge in [-0.3, -0.25) is 4.79 Å². The number of anilines is 2. The predicted octanol–water partition coefficient (Wildman–Crippen LogP) is 3.42. The molecule has 2 aromatic rings. The Morgan fingerprint density at radius 1 is 1.38 bits per heavy atom. The Hall–Kier alpha value is -3.01. The standard InChI is InChI=1S/C19H20FN5O/c1-4-16-11(2)19(24-18-10-22-14(8-21)9-23-18)15-7-13(20)5-6-17(15)25(16)12(3)26/h5-7,9-11,16,19H,4H2,1-3H3,(H,23,24)/t11-,16-,19+/m0/s1. The van der Waals surface area contributed by atoms with Gasteiger partial charge in [0.2, 0.25) is 5.91 Å². The van der Waals surface area contributed by atoms with Crippen LogP contribution in [0.2, 0.25) is 0 Å². The van der Waals surface area contributed by atoms with Crippen molar-refractivity contribution in [1.29, 1.82) is 5.26 Å². The lowest BCUT2D eigenvalue weighted by molar-refractivity contribution is -0.117. The molecule has 0 saturated heterocycles. The number of amides is 1. The highest BCUT2D eigenvalue weighted by atomic mass is 19.1. The second kappa shape index (κ2) is 7.08. The number of nitriles is 1. The van der Waals surface area contributed by atoms with E-state index < -0.39 is 0 Å². The molecule has 0 radical (unpaired) electrons. The van der Waals surface area contributed by atoms with E-state index in [1.165, 1.54) is 31.5 Å². The molecule has 0 spiro atoms. The van der Waals surface area contributed by atoms with Gasteiger partial charge in [0.05, 0.1) is 18.4 Å². The predicted molar refractivity (Wildman–Crippen MR) is 95.9 cm³/mol. The molecule has 6 nitrogen and oxygen atoms in total. The first-order valence-corrected chi connectivity index (χ1v) is 8.54. The summed E-state index contributed by atoms with van der Waals surface area (Å²) in [6.45, 7) is 5.60. The first kappa shape index (κ1) is 17.8. The zero-order valence-electron chi connectivity index (χ0n) is 14.9. The van der Waals surface area contributed by atoms with Crippen molar-refractivity contribution >= 4 is 17.4 Å². The second-order valence-corrected chi connectivity index (χ2v) is 6.45. The van der Waals surface area contributed by atoms with E-state index in [2.05, 4.69) is 15.3 Å². The Kier molecular flexibility index (Phi) is 4.85. The fraction of sp³-hybridized carbons (Fsp3) is 0.368. The summed E-state index contributed by atoms with van der Waals surface area (Å²) in [7, 11) is 0. The third-order valence-electron chi connectivity index (χ3n) is 4.88. The average Bonchev–Trinajstić information content (AvgIpc) is 2.63. The molecule has 1 aliphatic heterocycles. The highest BCUT2D eigenvalue weighted by molar-refractivity contribution is 5.94. The molecular weight excluding hydrogens is 333 g/mol. The van der Waals surface area contributed by atoms with Crippen molar-refractivity contribution in [3.05, 3.63) is 47.7 Å². The summed E-state index contributed by atoms with van der Waals surface area (Å²) in [5.41, 5.74) is 1.65. The molecular formula is C19H20FN5O. The molecule has 0 bridgehead atoms. The van der Waals surface area contributed by atoms with E-state index in [0.29, 0.717) is 17.1 Å². The number of hydrogen-bond donors (Lipinski definition) is 1. The SMILES string of the molecule is CC[C@H]1[C@H](C)[C@@H](Nc2cnc(C#N)cn2)c2cc(F)ccc2N1C(C)=O. The summed E-state index contributed by atoms with van der Waals surface area (Å²) < 4.78 is 13.9. The number of nitrogens with zero attached hydrogens (tertiary/aromatic N) is 4. The molecule has 26 heavy (non-hydrogen) atoms. The molecule has 0 unspecified atom stereocenters. The summed E-state index contributed by atoms with van der Waals surface area (Å²) in [6, 6.07) is 6.16. The number of hydrogen-bond acceptors (Lipinski definition) is 5. The van der Waals surface area contributed by atoms with Gasteiger partial charge in [-0.25, -0.2) is 14.4 Å². The van der Waals surface area contributed by atoms with Crippen LogP contribution in [0.5, 0.6) is 0 Å². The van der Waals surface area contributed by atoms with Gasteiger partial charge < -0.3 is 10.2 Å². The average molecular weight is 353 g/mol. The fourth-order valence-electron chi connectivity index (χ4n) is 3.70. The van der Waals surface area contributed by atoms with Crippen molar-refractivity contribution in [1.82, 2.24) is 9.97 Å². The van der Waals surface area contributed by atoms with Crippen molar-refractivity contribution < 1.29 is 9.18 Å². The van der Waals surface area contributed by atoms with E-state index in [0.717, 1.165) is 6.42 Å². The molecule has 2 heterocycles. The lowest BCUT2D eigenvalue weighted by Crippen LogP contribution is -2.49. The number of nitrogens with one attached hydrogen (secondary N) is 1. The van der Waals surface area contributed by atoms with Crippen LogP contribution in [0.15, 0.2) is 30.6 Å². The van der Waals surface area contributed by atoms with Crippen LogP contribution in [0.25, 0.3) is 0 Å². The Morgan fingerprint density at radius 2 is 2.15 bits per heavy atom. The molecule has 1 N–H and O–H groups in total. The molecule has 0 saturated carbocycles. The first-order chi connectivity index (χ1) is 12.5. The number of carbonyl (C=O) groups excluding carboxylic acids is 1. The van der Waals surface area contributed by atoms with Crippen LogP contribution < -0.4 is 10.2 Å². The highest BCUT2D eigenvalue weighted by Crippen LogP contribution is 2.43. The van der Waals surface area contributed by atoms with Crippen LogP contribution in [-0.2, 0) is 4.79 Å². The Bertz CT molecular complexity index is 861. The van der Waals surface area contributed by atoms with E-state index in [9.17, 15) is 9.18 Å². The number of carbonyl (C=O) groups is 1. The van der Waals surface area contributed by atoms with Crippen LogP contribution in [0.4, 0.5) is 15.9 Å². The zero-order valence-corrected chi connectivity index (χ0v) is 14.9. The molecule has 0 fully saturated rings. The van der Waals surface area contributed by atoms with Crippen molar-refractivity contribution in [2.75, 3.05) is 10.2 Å². The minimum Gasteiger partial charge on any atom is -0.362 e. The van der Waals surface area contributed by atoms with Crippen molar-refractivity contribution in [2.45, 2.75) is 39.3 Å². The monoisotopic (exact) mass is 353 g/mol. The summed E-state index contributed by atoms with van der Waals surface area (Å²) in [5.74, 6) is 0.109. The lowest BCUT2D eigenvalue weighted by atomic mass is 9.81. The largest absolute Gasteiger partial charge is 0.362 e. The van der Waals surface area contributed by atoms with Crippen LogP contribution in [0.1, 0.15) is 44.5 Å². The molecule has 3 rings (SSSR count). The summed E-state index contributed by atoms with van der Waals surface area (Å²) >= 11 is 0. The third-order valence-corrected chi connectivity index (χ3v) is 4.88. The van der Waals surface area contributed by atoms with Crippen LogP contribution in [0.3, 0.4) is 0 Å². The van der Waals surface area contributed by atoms with E-state index >= 15 is 0 Å². The van der Waals surface area contributed by atoms with Gasteiger partial charge >= 0.3 is 0 Å². The normalized spacial score (nSPS) is 21.7. The summed E-state index contributed by atoms with van der Waals surface area (Å²) in [6.07, 6.45) is 3.65. The number of aromatic nitrogens is 2. The minimum atomic E-state index is -0.355. The zero-order chi connectivity index (χ0) is 18.8. The maximum Gasteiger partial charge on any atom is 0.224 e. The van der Waals surface area contributed by atoms with Gasteiger partial charge in [0.1, 0.15) is 17.7 Å². The lowest BCUT2D eigenvalue weighted by Gasteiger charge is -2.45. The number of halogens is 1. The van der Waals surface area contributed by atoms with Crippen molar-refractivity contribution in [3.8, 4) is 6.07 Å². The molecule has 3 atom stereocenters. The first-order valence-electron chi connectivity index (χ1n) is 8.54. The van der Waals surface area contributed by atoms with Crippen LogP contribution >= 0.6 is 0 Å². The summed E-state index contributed by atoms with van der Waals surface area (Å²) in [4.78, 5) is 22.2. The van der Waals surface area contributed by atoms with Gasteiger partial charge in [-0.05, 0) is 24.6 Å². The number of fused-ring (bicyclic) bond motifs is 1. The maximum atomic E-state index is 13.9. The Morgan fingerprint density at radius 3 is 2.73 bits per heavy atom. The molecule has 0 aliphatic carbocycles. The quantitative estimate of drug-likeness (QED) is 0.914. The molecule has 1 aromatic heterocycles. The molecule has 7 heteroatoms. The van der Waals surface area contributed by atoms with Gasteiger partial charge in [-0.15, -0.1) is 0 Å². The topological polar surface area (TPSA) is 81.9 Å².